The molecule has 4 rings (SSSR count). The van der Waals surface area contributed by atoms with E-state index >= 15 is 0 Å². The molecule has 0 N–H and O–H groups in total. The molecule has 28 heavy (non-hydrogen) atoms. The van der Waals surface area contributed by atoms with Crippen LogP contribution in [0.5, 0.6) is 11.5 Å². The van der Waals surface area contributed by atoms with Crippen LogP contribution in [0.25, 0.3) is 10.2 Å². The number of hydrogen-bond donors (Lipinski definition) is 0. The second-order valence-electron chi connectivity index (χ2n) is 6.39. The van der Waals surface area contributed by atoms with Gasteiger partial charge in [0, 0.05) is 0 Å². The predicted molar refractivity (Wildman–Crippen MR) is 103 cm³/mol. The molecule has 2 aromatic carbocycles. The lowest BCUT2D eigenvalue weighted by Gasteiger charge is -2.04. The molecule has 0 atom stereocenters. The van der Waals surface area contributed by atoms with Crippen LogP contribution in [-0.4, -0.2) is 30.3 Å². The standard InChI is InChI=1S/C20H18N2O5S/c1-12-3-5-14-17(7-12)28-20(22(14)10-19(24)25-2)21-18(23)9-13-4-6-15-16(8-13)27-11-26-15/h3-8H,9-11H2,1-2H3. The Labute approximate surface area is 164 Å². The third-order valence-corrected chi connectivity index (χ3v) is 5.41. The van der Waals surface area contributed by atoms with Crippen molar-refractivity contribution in [3.05, 3.63) is 52.3 Å². The number of carbonyl (C=O) groups is 2. The number of amides is 1. The molecule has 1 aliphatic rings. The molecule has 0 unspecified atom stereocenters. The van der Waals surface area contributed by atoms with E-state index in [1.54, 1.807) is 16.7 Å². The summed E-state index contributed by atoms with van der Waals surface area (Å²) in [5.41, 5.74) is 2.72. The minimum atomic E-state index is -0.398. The molecule has 1 aromatic heterocycles. The van der Waals surface area contributed by atoms with E-state index in [0.717, 1.165) is 21.3 Å². The topological polar surface area (TPSA) is 79.1 Å². The van der Waals surface area contributed by atoms with Gasteiger partial charge in [0.1, 0.15) is 6.54 Å². The van der Waals surface area contributed by atoms with Crippen LogP contribution in [0.1, 0.15) is 11.1 Å². The Hall–Kier alpha value is -3.13. The van der Waals surface area contributed by atoms with Crippen LogP contribution >= 0.6 is 11.3 Å². The van der Waals surface area contributed by atoms with Gasteiger partial charge in [-0.1, -0.05) is 23.5 Å². The van der Waals surface area contributed by atoms with Gasteiger partial charge in [-0.2, -0.15) is 4.99 Å². The highest BCUT2D eigenvalue weighted by atomic mass is 32.1. The quantitative estimate of drug-likeness (QED) is 0.631. The van der Waals surface area contributed by atoms with Gasteiger partial charge in [0.15, 0.2) is 16.3 Å². The summed E-state index contributed by atoms with van der Waals surface area (Å²) in [5, 5.41) is 0. The van der Waals surface area contributed by atoms with Crippen molar-refractivity contribution in [3.63, 3.8) is 0 Å². The molecule has 8 heteroatoms. The number of rotatable bonds is 4. The number of hydrogen-bond acceptors (Lipinski definition) is 6. The van der Waals surface area contributed by atoms with E-state index in [2.05, 4.69) is 4.99 Å². The highest BCUT2D eigenvalue weighted by Crippen LogP contribution is 2.32. The highest BCUT2D eigenvalue weighted by molar-refractivity contribution is 7.16. The van der Waals surface area contributed by atoms with Crippen molar-refractivity contribution in [2.45, 2.75) is 19.9 Å². The smallest absolute Gasteiger partial charge is 0.325 e. The zero-order valence-corrected chi connectivity index (χ0v) is 16.2. The minimum Gasteiger partial charge on any atom is -0.468 e. The minimum absolute atomic E-state index is 0.00427. The van der Waals surface area contributed by atoms with E-state index in [1.165, 1.54) is 18.4 Å². The molecule has 0 fully saturated rings. The summed E-state index contributed by atoms with van der Waals surface area (Å²) < 4.78 is 18.1. The molecular formula is C20H18N2O5S. The van der Waals surface area contributed by atoms with Gasteiger partial charge in [-0.05, 0) is 42.3 Å². The third-order valence-electron chi connectivity index (χ3n) is 4.37. The van der Waals surface area contributed by atoms with Gasteiger partial charge >= 0.3 is 5.97 Å². The van der Waals surface area contributed by atoms with Crippen LogP contribution < -0.4 is 14.3 Å². The zero-order chi connectivity index (χ0) is 19.7. The van der Waals surface area contributed by atoms with Crippen LogP contribution in [0.15, 0.2) is 41.4 Å². The summed E-state index contributed by atoms with van der Waals surface area (Å²) in [4.78, 5) is 29.1. The first-order valence-electron chi connectivity index (χ1n) is 8.66. The van der Waals surface area contributed by atoms with Crippen LogP contribution in [-0.2, 0) is 27.3 Å². The first kappa shape index (κ1) is 18.2. The molecule has 7 nitrogen and oxygen atoms in total. The molecule has 0 saturated carbocycles. The van der Waals surface area contributed by atoms with Crippen molar-refractivity contribution >= 4 is 33.4 Å². The van der Waals surface area contributed by atoms with Gasteiger partial charge in [-0.25, -0.2) is 0 Å². The van der Waals surface area contributed by atoms with Crippen molar-refractivity contribution in [3.8, 4) is 11.5 Å². The van der Waals surface area contributed by atoms with E-state index in [-0.39, 0.29) is 25.7 Å². The van der Waals surface area contributed by atoms with Gasteiger partial charge in [-0.3, -0.25) is 9.59 Å². The lowest BCUT2D eigenvalue weighted by atomic mass is 10.1. The maximum atomic E-state index is 12.6. The van der Waals surface area contributed by atoms with E-state index in [9.17, 15) is 9.59 Å². The summed E-state index contributed by atoms with van der Waals surface area (Å²) >= 11 is 1.37. The maximum absolute atomic E-state index is 12.6. The Kier molecular flexibility index (Phi) is 4.87. The maximum Gasteiger partial charge on any atom is 0.325 e. The zero-order valence-electron chi connectivity index (χ0n) is 15.4. The first-order valence-corrected chi connectivity index (χ1v) is 9.48. The molecule has 3 aromatic rings. The van der Waals surface area contributed by atoms with Crippen molar-refractivity contribution < 1.29 is 23.8 Å². The van der Waals surface area contributed by atoms with Gasteiger partial charge in [0.05, 0.1) is 23.7 Å². The Bertz CT molecular complexity index is 1150. The van der Waals surface area contributed by atoms with Crippen molar-refractivity contribution in [2.24, 2.45) is 4.99 Å². The fraction of sp³-hybridized carbons (Fsp3) is 0.250. The van der Waals surface area contributed by atoms with Gasteiger partial charge in [-0.15, -0.1) is 0 Å². The summed E-state index contributed by atoms with van der Waals surface area (Å²) in [6.45, 7) is 2.17. The fourth-order valence-corrected chi connectivity index (χ4v) is 4.13. The van der Waals surface area contributed by atoms with Gasteiger partial charge < -0.3 is 18.8 Å². The van der Waals surface area contributed by atoms with E-state index in [4.69, 9.17) is 14.2 Å². The van der Waals surface area contributed by atoms with Gasteiger partial charge in [0.2, 0.25) is 6.79 Å². The average Bonchev–Trinajstić information content (AvgIpc) is 3.25. The molecular weight excluding hydrogens is 380 g/mol. The van der Waals surface area contributed by atoms with E-state index < -0.39 is 5.97 Å². The fourth-order valence-electron chi connectivity index (χ4n) is 2.98. The second-order valence-corrected chi connectivity index (χ2v) is 7.40. The Morgan fingerprint density at radius 1 is 1.18 bits per heavy atom. The van der Waals surface area contributed by atoms with Crippen molar-refractivity contribution in [1.82, 2.24) is 4.57 Å². The van der Waals surface area contributed by atoms with Crippen LogP contribution in [0.4, 0.5) is 0 Å². The largest absolute Gasteiger partial charge is 0.468 e. The van der Waals surface area contributed by atoms with Crippen LogP contribution in [0, 0.1) is 6.92 Å². The molecule has 0 radical (unpaired) electrons. The number of carbonyl (C=O) groups excluding carboxylic acids is 2. The Morgan fingerprint density at radius 2 is 2.00 bits per heavy atom. The van der Waals surface area contributed by atoms with E-state index in [1.807, 2.05) is 31.2 Å². The lowest BCUT2D eigenvalue weighted by molar-refractivity contribution is -0.141. The Balaban J connectivity index is 1.68. The number of benzene rings is 2. The third kappa shape index (κ3) is 3.63. The average molecular weight is 398 g/mol. The number of nitrogens with zero attached hydrogens (tertiary/aromatic N) is 2. The Morgan fingerprint density at radius 3 is 2.82 bits per heavy atom. The number of fused-ring (bicyclic) bond motifs is 2. The number of aryl methyl sites for hydroxylation is 1. The van der Waals surface area contributed by atoms with E-state index in [0.29, 0.717) is 16.3 Å². The second kappa shape index (κ2) is 7.47. The number of thiazole rings is 1. The van der Waals surface area contributed by atoms with Crippen molar-refractivity contribution in [2.75, 3.05) is 13.9 Å². The molecule has 2 heterocycles. The first-order chi connectivity index (χ1) is 13.5. The summed E-state index contributed by atoms with van der Waals surface area (Å²) in [7, 11) is 1.34. The van der Waals surface area contributed by atoms with Crippen LogP contribution in [0.3, 0.4) is 0 Å². The molecule has 1 aliphatic heterocycles. The van der Waals surface area contributed by atoms with Gasteiger partial charge in [0.25, 0.3) is 5.91 Å². The summed E-state index contributed by atoms with van der Waals surface area (Å²) in [6, 6.07) is 11.3. The summed E-state index contributed by atoms with van der Waals surface area (Å²) in [6.07, 6.45) is 0.127. The normalized spacial score (nSPS) is 13.1. The number of aromatic nitrogens is 1. The highest BCUT2D eigenvalue weighted by Gasteiger charge is 2.15. The molecule has 0 bridgehead atoms. The predicted octanol–water partition coefficient (Wildman–Crippen LogP) is 2.58. The molecule has 144 valence electrons. The SMILES string of the molecule is COC(=O)Cn1c(=NC(=O)Cc2ccc3c(c2)OCO3)sc2cc(C)ccc21. The summed E-state index contributed by atoms with van der Waals surface area (Å²) in [5.74, 6) is 0.595. The molecule has 1 amide bonds. The van der Waals surface area contributed by atoms with Crippen molar-refractivity contribution in [1.29, 1.82) is 0 Å². The monoisotopic (exact) mass is 398 g/mol. The molecule has 0 spiro atoms. The lowest BCUT2D eigenvalue weighted by Crippen LogP contribution is -2.22. The molecule has 0 aliphatic carbocycles. The number of methoxy groups -OCH3 is 1. The van der Waals surface area contributed by atoms with Crippen LogP contribution in [0.2, 0.25) is 0 Å². The molecule has 0 saturated heterocycles. The number of ether oxygens (including phenoxy) is 3. The number of esters is 1.